The average molecular weight is 437 g/mol. The van der Waals surface area contributed by atoms with E-state index in [0.29, 0.717) is 25.1 Å². The van der Waals surface area contributed by atoms with Crippen LogP contribution in [0, 0.1) is 12.8 Å². The van der Waals surface area contributed by atoms with Gasteiger partial charge in [0, 0.05) is 18.7 Å². The summed E-state index contributed by atoms with van der Waals surface area (Å²) in [6, 6.07) is 14.5. The molecule has 2 atom stereocenters. The van der Waals surface area contributed by atoms with Crippen LogP contribution in [0.25, 0.3) is 0 Å². The highest BCUT2D eigenvalue weighted by molar-refractivity contribution is 5.95. The number of hydrogen-bond donors (Lipinski definition) is 1. The van der Waals surface area contributed by atoms with Crippen molar-refractivity contribution in [3.63, 3.8) is 0 Å². The first-order chi connectivity index (χ1) is 15.5. The molecule has 0 spiro atoms. The Morgan fingerprint density at radius 1 is 0.969 bits per heavy atom. The zero-order valence-corrected chi connectivity index (χ0v) is 18.7. The molecule has 0 radical (unpaired) electrons. The topological polar surface area (TPSA) is 70.1 Å². The molecule has 1 amide bonds. The van der Waals surface area contributed by atoms with Crippen LogP contribution < -0.4 is 4.74 Å². The van der Waals surface area contributed by atoms with Crippen LogP contribution in [0.4, 0.5) is 0 Å². The fourth-order valence-electron chi connectivity index (χ4n) is 4.79. The summed E-state index contributed by atoms with van der Waals surface area (Å²) in [5, 5.41) is 9.72. The Bertz CT molecular complexity index is 920. The lowest BCUT2D eigenvalue weighted by Gasteiger charge is -2.27. The second-order valence-corrected chi connectivity index (χ2v) is 8.86. The van der Waals surface area contributed by atoms with Gasteiger partial charge in [-0.25, -0.2) is 0 Å². The van der Waals surface area contributed by atoms with Crippen molar-refractivity contribution in [1.82, 2.24) is 9.80 Å². The molecule has 0 unspecified atom stereocenters. The Morgan fingerprint density at radius 3 is 2.31 bits per heavy atom. The molecule has 2 fully saturated rings. The largest absolute Gasteiger partial charge is 0.492 e. The Balaban J connectivity index is 1.41. The van der Waals surface area contributed by atoms with E-state index in [1.165, 1.54) is 19.3 Å². The Labute approximate surface area is 189 Å². The molecule has 32 heavy (non-hydrogen) atoms. The van der Waals surface area contributed by atoms with Crippen molar-refractivity contribution in [1.29, 1.82) is 0 Å². The Kier molecular flexibility index (Phi) is 7.10. The summed E-state index contributed by atoms with van der Waals surface area (Å²) in [7, 11) is 0. The minimum absolute atomic E-state index is 0.140. The van der Waals surface area contributed by atoms with Crippen molar-refractivity contribution >= 4 is 11.9 Å². The van der Waals surface area contributed by atoms with Crippen LogP contribution in [0.2, 0.25) is 0 Å². The van der Waals surface area contributed by atoms with Gasteiger partial charge in [0.2, 0.25) is 0 Å². The number of nitrogens with zero attached hydrogens (tertiary/aromatic N) is 2. The van der Waals surface area contributed by atoms with Crippen molar-refractivity contribution in [3.8, 4) is 5.75 Å². The second-order valence-electron chi connectivity index (χ2n) is 8.86. The highest BCUT2D eigenvalue weighted by atomic mass is 16.5. The van der Waals surface area contributed by atoms with Crippen molar-refractivity contribution in [3.05, 3.63) is 65.2 Å². The molecule has 0 aliphatic carbocycles. The first kappa shape index (κ1) is 22.3. The number of ether oxygens (including phenoxy) is 1. The van der Waals surface area contributed by atoms with Gasteiger partial charge in [-0.2, -0.15) is 0 Å². The third-order valence-corrected chi connectivity index (χ3v) is 6.62. The fraction of sp³-hybridized carbons (Fsp3) is 0.462. The quantitative estimate of drug-likeness (QED) is 0.706. The fourth-order valence-corrected chi connectivity index (χ4v) is 4.79. The molecule has 6 heteroatoms. The van der Waals surface area contributed by atoms with Gasteiger partial charge in [-0.3, -0.25) is 14.5 Å². The van der Waals surface area contributed by atoms with Gasteiger partial charge in [0.15, 0.2) is 0 Å². The minimum atomic E-state index is -0.858. The summed E-state index contributed by atoms with van der Waals surface area (Å²) in [5.41, 5.74) is 2.52. The van der Waals surface area contributed by atoms with Crippen LogP contribution in [-0.2, 0) is 4.79 Å². The molecule has 2 saturated heterocycles. The molecule has 2 aromatic rings. The zero-order valence-electron chi connectivity index (χ0n) is 18.7. The van der Waals surface area contributed by atoms with Crippen molar-refractivity contribution in [2.45, 2.75) is 38.6 Å². The molecule has 0 saturated carbocycles. The molecule has 4 rings (SSSR count). The van der Waals surface area contributed by atoms with Crippen LogP contribution in [0.5, 0.6) is 5.75 Å². The van der Waals surface area contributed by atoms with Gasteiger partial charge in [0.25, 0.3) is 5.91 Å². The SMILES string of the molecule is Cc1ccc([C@@H]2[C@H](C(=O)O)CCN2C(=O)c2ccc(OCCN3CCCCC3)cc2)cc1. The molecule has 2 aliphatic rings. The maximum Gasteiger partial charge on any atom is 0.309 e. The summed E-state index contributed by atoms with van der Waals surface area (Å²) in [6.07, 6.45) is 4.30. The summed E-state index contributed by atoms with van der Waals surface area (Å²) >= 11 is 0. The van der Waals surface area contributed by atoms with Crippen molar-refractivity contribution in [2.24, 2.45) is 5.92 Å². The van der Waals surface area contributed by atoms with Crippen LogP contribution in [0.1, 0.15) is 53.2 Å². The second kappa shape index (κ2) is 10.2. The number of carboxylic acid groups (broad SMARTS) is 1. The van der Waals surface area contributed by atoms with Crippen LogP contribution in [0.15, 0.2) is 48.5 Å². The van der Waals surface area contributed by atoms with E-state index in [1.54, 1.807) is 17.0 Å². The van der Waals surface area contributed by atoms with Gasteiger partial charge in [-0.15, -0.1) is 0 Å². The van der Waals surface area contributed by atoms with E-state index in [1.807, 2.05) is 43.3 Å². The summed E-state index contributed by atoms with van der Waals surface area (Å²) in [5.74, 6) is -0.847. The monoisotopic (exact) mass is 436 g/mol. The molecule has 0 aromatic heterocycles. The smallest absolute Gasteiger partial charge is 0.309 e. The van der Waals surface area contributed by atoms with Gasteiger partial charge >= 0.3 is 5.97 Å². The van der Waals surface area contributed by atoms with Gasteiger partial charge < -0.3 is 14.7 Å². The lowest BCUT2D eigenvalue weighted by molar-refractivity contribution is -0.142. The van der Waals surface area contributed by atoms with E-state index >= 15 is 0 Å². The lowest BCUT2D eigenvalue weighted by Crippen LogP contribution is -2.33. The number of carbonyl (C=O) groups is 2. The molecule has 0 bridgehead atoms. The molecule has 170 valence electrons. The Hall–Kier alpha value is -2.86. The lowest BCUT2D eigenvalue weighted by atomic mass is 9.93. The number of likely N-dealkylation sites (tertiary alicyclic amines) is 2. The highest BCUT2D eigenvalue weighted by Gasteiger charge is 2.42. The van der Waals surface area contributed by atoms with E-state index in [2.05, 4.69) is 4.90 Å². The first-order valence-corrected chi connectivity index (χ1v) is 11.6. The average Bonchev–Trinajstić information content (AvgIpc) is 3.26. The third kappa shape index (κ3) is 5.13. The number of carbonyl (C=O) groups excluding carboxylic acids is 1. The van der Waals surface area contributed by atoms with E-state index in [9.17, 15) is 14.7 Å². The number of piperidine rings is 1. The highest BCUT2D eigenvalue weighted by Crippen LogP contribution is 2.38. The molecule has 2 aliphatic heterocycles. The maximum atomic E-state index is 13.3. The summed E-state index contributed by atoms with van der Waals surface area (Å²) in [6.45, 7) is 6.27. The van der Waals surface area contributed by atoms with Gasteiger partial charge in [0.05, 0.1) is 12.0 Å². The third-order valence-electron chi connectivity index (χ3n) is 6.62. The molecule has 2 aromatic carbocycles. The summed E-state index contributed by atoms with van der Waals surface area (Å²) < 4.78 is 5.87. The number of benzene rings is 2. The predicted octanol–water partition coefficient (Wildman–Crippen LogP) is 4.15. The maximum absolute atomic E-state index is 13.3. The van der Waals surface area contributed by atoms with Gasteiger partial charge in [-0.05, 0) is 69.1 Å². The van der Waals surface area contributed by atoms with Crippen molar-refractivity contribution < 1.29 is 19.4 Å². The first-order valence-electron chi connectivity index (χ1n) is 11.6. The number of aryl methyl sites for hydroxylation is 1. The standard InChI is InChI=1S/C26H32N2O4/c1-19-5-7-20(8-6-19)24-23(26(30)31)13-16-28(24)25(29)21-9-11-22(12-10-21)32-18-17-27-14-3-2-4-15-27/h5-12,23-24H,2-4,13-18H2,1H3,(H,30,31)/t23-,24-/m1/s1. The van der Waals surface area contributed by atoms with E-state index in [4.69, 9.17) is 4.74 Å². The van der Waals surface area contributed by atoms with E-state index in [-0.39, 0.29) is 5.91 Å². The van der Waals surface area contributed by atoms with Gasteiger partial charge in [0.1, 0.15) is 12.4 Å². The van der Waals surface area contributed by atoms with E-state index in [0.717, 1.165) is 36.5 Å². The zero-order chi connectivity index (χ0) is 22.5. The number of carboxylic acids is 1. The Morgan fingerprint density at radius 2 is 1.66 bits per heavy atom. The summed E-state index contributed by atoms with van der Waals surface area (Å²) in [4.78, 5) is 29.3. The molecule has 1 N–H and O–H groups in total. The van der Waals surface area contributed by atoms with Crippen molar-refractivity contribution in [2.75, 3.05) is 32.8 Å². The van der Waals surface area contributed by atoms with E-state index < -0.39 is 17.9 Å². The molecule has 2 heterocycles. The predicted molar refractivity (Wildman–Crippen MR) is 123 cm³/mol. The normalized spacial score (nSPS) is 21.5. The van der Waals surface area contributed by atoms with Crippen LogP contribution in [-0.4, -0.2) is 59.6 Å². The minimum Gasteiger partial charge on any atom is -0.492 e. The molecular weight excluding hydrogens is 404 g/mol. The van der Waals surface area contributed by atoms with Crippen LogP contribution in [0.3, 0.4) is 0 Å². The number of amides is 1. The number of hydrogen-bond acceptors (Lipinski definition) is 4. The molecule has 6 nitrogen and oxygen atoms in total. The van der Waals surface area contributed by atoms with Gasteiger partial charge in [-0.1, -0.05) is 36.2 Å². The number of rotatable bonds is 7. The molecular formula is C26H32N2O4. The number of aliphatic carboxylic acids is 1. The van der Waals surface area contributed by atoms with Crippen LogP contribution >= 0.6 is 0 Å².